The minimum atomic E-state index is 0.433. The molecule has 3 unspecified atom stereocenters. The number of nitrogens with one attached hydrogen (secondary N) is 1. The fourth-order valence-electron chi connectivity index (χ4n) is 2.93. The molecule has 2 aliphatic heterocycles. The normalized spacial score (nSPS) is 34.1. The standard InChI is InChI=1S/C13H25NO2/c1-10-3-4-13(16-10)12(14-2)9-11-5-7-15-8-6-11/h10-14H,3-9H2,1-2H3. The Morgan fingerprint density at radius 3 is 2.50 bits per heavy atom. The maximum atomic E-state index is 5.96. The summed E-state index contributed by atoms with van der Waals surface area (Å²) in [5.41, 5.74) is 0. The van der Waals surface area contributed by atoms with Crippen molar-refractivity contribution in [3.8, 4) is 0 Å². The Morgan fingerprint density at radius 1 is 1.19 bits per heavy atom. The molecule has 0 aromatic carbocycles. The van der Waals surface area contributed by atoms with Gasteiger partial charge in [0.1, 0.15) is 0 Å². The molecule has 0 amide bonds. The van der Waals surface area contributed by atoms with Gasteiger partial charge in [-0.15, -0.1) is 0 Å². The summed E-state index contributed by atoms with van der Waals surface area (Å²) >= 11 is 0. The Kier molecular flexibility index (Phi) is 4.62. The van der Waals surface area contributed by atoms with Crippen LogP contribution in [0.25, 0.3) is 0 Å². The van der Waals surface area contributed by atoms with Crippen molar-refractivity contribution >= 4 is 0 Å². The van der Waals surface area contributed by atoms with E-state index in [1.54, 1.807) is 0 Å². The number of hydrogen-bond acceptors (Lipinski definition) is 3. The van der Waals surface area contributed by atoms with Gasteiger partial charge in [0.05, 0.1) is 12.2 Å². The van der Waals surface area contributed by atoms with Crippen molar-refractivity contribution in [2.75, 3.05) is 20.3 Å². The first-order valence-corrected chi connectivity index (χ1v) is 6.70. The summed E-state index contributed by atoms with van der Waals surface area (Å²) < 4.78 is 11.4. The molecule has 0 radical (unpaired) electrons. The first kappa shape index (κ1) is 12.3. The molecule has 1 N–H and O–H groups in total. The molecule has 3 atom stereocenters. The zero-order valence-corrected chi connectivity index (χ0v) is 10.6. The molecule has 2 heterocycles. The third-order valence-electron chi connectivity index (χ3n) is 4.01. The highest BCUT2D eigenvalue weighted by Crippen LogP contribution is 2.27. The second kappa shape index (κ2) is 5.99. The van der Waals surface area contributed by atoms with Crippen molar-refractivity contribution in [3.63, 3.8) is 0 Å². The predicted octanol–water partition coefficient (Wildman–Crippen LogP) is 1.96. The molecule has 16 heavy (non-hydrogen) atoms. The monoisotopic (exact) mass is 227 g/mol. The van der Waals surface area contributed by atoms with Gasteiger partial charge in [-0.3, -0.25) is 0 Å². The molecule has 2 saturated heterocycles. The van der Waals surface area contributed by atoms with E-state index < -0.39 is 0 Å². The lowest BCUT2D eigenvalue weighted by Crippen LogP contribution is -2.40. The quantitative estimate of drug-likeness (QED) is 0.796. The van der Waals surface area contributed by atoms with Crippen LogP contribution in [-0.4, -0.2) is 38.5 Å². The lowest BCUT2D eigenvalue weighted by molar-refractivity contribution is 0.0157. The van der Waals surface area contributed by atoms with Gasteiger partial charge in [0.2, 0.25) is 0 Å². The predicted molar refractivity (Wildman–Crippen MR) is 64.6 cm³/mol. The minimum absolute atomic E-state index is 0.433. The maximum absolute atomic E-state index is 5.96. The van der Waals surface area contributed by atoms with Crippen LogP contribution in [0.3, 0.4) is 0 Å². The van der Waals surface area contributed by atoms with Gasteiger partial charge in [0.15, 0.2) is 0 Å². The van der Waals surface area contributed by atoms with Crippen LogP contribution in [0.5, 0.6) is 0 Å². The summed E-state index contributed by atoms with van der Waals surface area (Å²) in [6, 6.07) is 0.535. The first-order chi connectivity index (χ1) is 7.79. The van der Waals surface area contributed by atoms with Gasteiger partial charge in [0, 0.05) is 19.3 Å². The SMILES string of the molecule is CNC(CC1CCOCC1)C1CCC(C)O1. The van der Waals surface area contributed by atoms with Crippen LogP contribution in [0.2, 0.25) is 0 Å². The summed E-state index contributed by atoms with van der Waals surface area (Å²) in [5.74, 6) is 0.825. The van der Waals surface area contributed by atoms with Crippen LogP contribution in [-0.2, 0) is 9.47 Å². The van der Waals surface area contributed by atoms with E-state index >= 15 is 0 Å². The van der Waals surface area contributed by atoms with Gasteiger partial charge in [-0.1, -0.05) is 0 Å². The third-order valence-corrected chi connectivity index (χ3v) is 4.01. The second-order valence-corrected chi connectivity index (χ2v) is 5.25. The van der Waals surface area contributed by atoms with Crippen LogP contribution in [0.4, 0.5) is 0 Å². The summed E-state index contributed by atoms with van der Waals surface area (Å²) in [7, 11) is 2.07. The van der Waals surface area contributed by atoms with E-state index in [1.807, 2.05) is 0 Å². The van der Waals surface area contributed by atoms with E-state index in [1.165, 1.54) is 32.1 Å². The molecule has 0 spiro atoms. The molecule has 3 heteroatoms. The molecular weight excluding hydrogens is 202 g/mol. The highest BCUT2D eigenvalue weighted by molar-refractivity contribution is 4.84. The molecule has 0 saturated carbocycles. The highest BCUT2D eigenvalue weighted by Gasteiger charge is 2.30. The van der Waals surface area contributed by atoms with Crippen molar-refractivity contribution in [2.45, 2.75) is 57.3 Å². The maximum Gasteiger partial charge on any atom is 0.0732 e. The number of rotatable bonds is 4. The number of likely N-dealkylation sites (N-methyl/N-ethyl adjacent to an activating group) is 1. The Bertz CT molecular complexity index is 204. The lowest BCUT2D eigenvalue weighted by atomic mass is 9.89. The Balaban J connectivity index is 1.80. The van der Waals surface area contributed by atoms with Crippen molar-refractivity contribution in [3.05, 3.63) is 0 Å². The smallest absolute Gasteiger partial charge is 0.0732 e. The van der Waals surface area contributed by atoms with Gasteiger partial charge in [-0.05, 0) is 52.0 Å². The minimum Gasteiger partial charge on any atom is -0.381 e. The zero-order valence-electron chi connectivity index (χ0n) is 10.6. The molecule has 0 aliphatic carbocycles. The number of ether oxygens (including phenoxy) is 2. The average molecular weight is 227 g/mol. The van der Waals surface area contributed by atoms with Crippen LogP contribution in [0, 0.1) is 5.92 Å². The molecule has 3 nitrogen and oxygen atoms in total. The van der Waals surface area contributed by atoms with E-state index in [4.69, 9.17) is 9.47 Å². The summed E-state index contributed by atoms with van der Waals surface area (Å²) in [6.07, 6.45) is 7.02. The van der Waals surface area contributed by atoms with Crippen molar-refractivity contribution in [1.29, 1.82) is 0 Å². The van der Waals surface area contributed by atoms with Gasteiger partial charge < -0.3 is 14.8 Å². The Labute approximate surface area is 98.9 Å². The van der Waals surface area contributed by atoms with Gasteiger partial charge in [0.25, 0.3) is 0 Å². The van der Waals surface area contributed by atoms with Crippen LogP contribution < -0.4 is 5.32 Å². The summed E-state index contributed by atoms with van der Waals surface area (Å²) in [4.78, 5) is 0. The van der Waals surface area contributed by atoms with Crippen molar-refractivity contribution in [1.82, 2.24) is 5.32 Å². The summed E-state index contributed by atoms with van der Waals surface area (Å²) in [5, 5.41) is 3.45. The Morgan fingerprint density at radius 2 is 1.94 bits per heavy atom. The Hall–Kier alpha value is -0.120. The van der Waals surface area contributed by atoms with Crippen LogP contribution >= 0.6 is 0 Å². The van der Waals surface area contributed by atoms with Gasteiger partial charge in [-0.2, -0.15) is 0 Å². The largest absolute Gasteiger partial charge is 0.381 e. The molecule has 2 rings (SSSR count). The fraction of sp³-hybridized carbons (Fsp3) is 1.00. The zero-order chi connectivity index (χ0) is 11.4. The van der Waals surface area contributed by atoms with Gasteiger partial charge >= 0.3 is 0 Å². The molecule has 0 bridgehead atoms. The lowest BCUT2D eigenvalue weighted by Gasteiger charge is -2.29. The van der Waals surface area contributed by atoms with E-state index in [-0.39, 0.29) is 0 Å². The van der Waals surface area contributed by atoms with E-state index in [2.05, 4.69) is 19.3 Å². The molecule has 2 fully saturated rings. The first-order valence-electron chi connectivity index (χ1n) is 6.70. The average Bonchev–Trinajstić information content (AvgIpc) is 2.74. The third kappa shape index (κ3) is 3.19. The summed E-state index contributed by atoms with van der Waals surface area (Å²) in [6.45, 7) is 4.08. The molecule has 2 aliphatic rings. The van der Waals surface area contributed by atoms with E-state index in [0.29, 0.717) is 18.2 Å². The van der Waals surface area contributed by atoms with Crippen molar-refractivity contribution < 1.29 is 9.47 Å². The van der Waals surface area contributed by atoms with E-state index in [0.717, 1.165) is 19.1 Å². The van der Waals surface area contributed by atoms with Crippen LogP contribution in [0.1, 0.15) is 39.0 Å². The molecule has 0 aromatic heterocycles. The van der Waals surface area contributed by atoms with E-state index in [9.17, 15) is 0 Å². The molecule has 94 valence electrons. The molecule has 0 aromatic rings. The highest BCUT2D eigenvalue weighted by atomic mass is 16.5. The molecular formula is C13H25NO2. The topological polar surface area (TPSA) is 30.5 Å². The second-order valence-electron chi connectivity index (χ2n) is 5.25. The number of hydrogen-bond donors (Lipinski definition) is 1. The van der Waals surface area contributed by atoms with Crippen LogP contribution in [0.15, 0.2) is 0 Å². The van der Waals surface area contributed by atoms with Gasteiger partial charge in [-0.25, -0.2) is 0 Å². The van der Waals surface area contributed by atoms with Crippen molar-refractivity contribution in [2.24, 2.45) is 5.92 Å². The fourth-order valence-corrected chi connectivity index (χ4v) is 2.93.